The molecule has 1 unspecified atom stereocenters. The Morgan fingerprint density at radius 3 is 2.67 bits per heavy atom. The summed E-state index contributed by atoms with van der Waals surface area (Å²) >= 11 is 1.90. The summed E-state index contributed by atoms with van der Waals surface area (Å²) in [6.45, 7) is 2.32. The van der Waals surface area contributed by atoms with Crippen molar-refractivity contribution >= 4 is 27.4 Å². The molecule has 0 aliphatic heterocycles. The van der Waals surface area contributed by atoms with Crippen LogP contribution in [0.3, 0.4) is 0 Å². The molecule has 4 rings (SSSR count). The molecule has 2 heterocycles. The quantitative estimate of drug-likeness (QED) is 0.875. The van der Waals surface area contributed by atoms with Gasteiger partial charge in [0.25, 0.3) is 0 Å². The third-order valence-electron chi connectivity index (χ3n) is 6.00. The molecule has 0 aromatic carbocycles. The van der Waals surface area contributed by atoms with Crippen molar-refractivity contribution in [1.29, 1.82) is 0 Å². The molecule has 0 radical (unpaired) electrons. The summed E-state index contributed by atoms with van der Waals surface area (Å²) < 4.78 is 0. The van der Waals surface area contributed by atoms with Gasteiger partial charge in [-0.2, -0.15) is 0 Å². The van der Waals surface area contributed by atoms with E-state index in [9.17, 15) is 0 Å². The number of thiophene rings is 1. The maximum absolute atomic E-state index is 4.63. The number of rotatable bonds is 4. The second kappa shape index (κ2) is 6.96. The van der Waals surface area contributed by atoms with E-state index in [4.69, 9.17) is 0 Å². The van der Waals surface area contributed by atoms with Crippen molar-refractivity contribution in [3.8, 4) is 0 Å². The Hall–Kier alpha value is -1.20. The Labute approximate surface area is 148 Å². The maximum atomic E-state index is 4.63. The Kier molecular flexibility index (Phi) is 4.72. The highest BCUT2D eigenvalue weighted by Crippen LogP contribution is 2.40. The topological polar surface area (TPSA) is 49.8 Å². The van der Waals surface area contributed by atoms with Gasteiger partial charge in [-0.1, -0.05) is 13.3 Å². The fourth-order valence-corrected chi connectivity index (χ4v) is 5.66. The number of aryl methyl sites for hydroxylation is 1. The number of nitrogens with one attached hydrogen (secondary N) is 2. The van der Waals surface area contributed by atoms with Crippen molar-refractivity contribution in [3.63, 3.8) is 0 Å². The van der Waals surface area contributed by atoms with Crippen molar-refractivity contribution in [2.45, 2.75) is 70.4 Å². The first-order chi connectivity index (χ1) is 11.8. The van der Waals surface area contributed by atoms with Crippen LogP contribution in [-0.4, -0.2) is 29.1 Å². The summed E-state index contributed by atoms with van der Waals surface area (Å²) in [7, 11) is 2.08. The molecule has 0 amide bonds. The van der Waals surface area contributed by atoms with Gasteiger partial charge >= 0.3 is 0 Å². The van der Waals surface area contributed by atoms with E-state index in [-0.39, 0.29) is 0 Å². The Bertz CT molecular complexity index is 703. The van der Waals surface area contributed by atoms with E-state index in [1.807, 2.05) is 11.3 Å². The lowest BCUT2D eigenvalue weighted by molar-refractivity contribution is 0.371. The van der Waals surface area contributed by atoms with E-state index < -0.39 is 0 Å². The molecule has 130 valence electrons. The van der Waals surface area contributed by atoms with Crippen LogP contribution in [0.4, 0.5) is 5.82 Å². The number of aromatic nitrogens is 2. The van der Waals surface area contributed by atoms with Gasteiger partial charge in [0.2, 0.25) is 0 Å². The third kappa shape index (κ3) is 3.04. The highest BCUT2D eigenvalue weighted by molar-refractivity contribution is 7.19. The first kappa shape index (κ1) is 16.3. The van der Waals surface area contributed by atoms with Crippen LogP contribution in [0.1, 0.15) is 55.9 Å². The predicted octanol–water partition coefficient (Wildman–Crippen LogP) is 4.15. The number of hydrogen-bond acceptors (Lipinski definition) is 5. The van der Waals surface area contributed by atoms with Crippen molar-refractivity contribution in [2.24, 2.45) is 5.92 Å². The highest BCUT2D eigenvalue weighted by atomic mass is 32.1. The predicted molar refractivity (Wildman–Crippen MR) is 102 cm³/mol. The Morgan fingerprint density at radius 2 is 1.92 bits per heavy atom. The molecule has 5 heteroatoms. The second-order valence-electron chi connectivity index (χ2n) is 7.40. The first-order valence-corrected chi connectivity index (χ1v) is 10.3. The molecule has 24 heavy (non-hydrogen) atoms. The van der Waals surface area contributed by atoms with Gasteiger partial charge in [-0.15, -0.1) is 11.3 Å². The van der Waals surface area contributed by atoms with E-state index in [0.29, 0.717) is 12.1 Å². The normalized spacial score (nSPS) is 27.2. The standard InChI is InChI=1S/C19H28N4S/c1-3-12-4-9-15-16(10-12)24-19-17(15)18(21-11-22-19)23-14-7-5-13(20-2)6-8-14/h11-14,20H,3-10H2,1-2H3,(H,21,22,23). The number of anilines is 1. The van der Waals surface area contributed by atoms with Crippen LogP contribution in [0.15, 0.2) is 6.33 Å². The van der Waals surface area contributed by atoms with Crippen molar-refractivity contribution in [2.75, 3.05) is 12.4 Å². The van der Waals surface area contributed by atoms with Crippen molar-refractivity contribution in [1.82, 2.24) is 15.3 Å². The molecule has 1 fully saturated rings. The number of hydrogen-bond donors (Lipinski definition) is 2. The molecule has 2 aliphatic carbocycles. The van der Waals surface area contributed by atoms with Crippen LogP contribution in [-0.2, 0) is 12.8 Å². The zero-order valence-corrected chi connectivity index (χ0v) is 15.6. The van der Waals surface area contributed by atoms with Crippen LogP contribution >= 0.6 is 11.3 Å². The molecule has 0 bridgehead atoms. The van der Waals surface area contributed by atoms with E-state index in [0.717, 1.165) is 11.7 Å². The summed E-state index contributed by atoms with van der Waals surface area (Å²) in [5.41, 5.74) is 1.53. The van der Waals surface area contributed by atoms with Gasteiger partial charge in [0.05, 0.1) is 5.39 Å². The second-order valence-corrected chi connectivity index (χ2v) is 8.49. The third-order valence-corrected chi connectivity index (χ3v) is 7.16. The summed E-state index contributed by atoms with van der Waals surface area (Å²) in [6.07, 6.45) is 11.7. The average Bonchev–Trinajstić information content (AvgIpc) is 3.00. The largest absolute Gasteiger partial charge is 0.367 e. The molecule has 2 aromatic heterocycles. The van der Waals surface area contributed by atoms with Crippen LogP contribution in [0.5, 0.6) is 0 Å². The molecule has 4 nitrogen and oxygen atoms in total. The monoisotopic (exact) mass is 344 g/mol. The molecule has 1 atom stereocenters. The summed E-state index contributed by atoms with van der Waals surface area (Å²) in [5.74, 6) is 1.94. The first-order valence-electron chi connectivity index (χ1n) is 9.47. The molecule has 1 saturated carbocycles. The molecule has 2 N–H and O–H groups in total. The minimum atomic E-state index is 0.551. The fraction of sp³-hybridized carbons (Fsp3) is 0.684. The lowest BCUT2D eigenvalue weighted by Gasteiger charge is -2.29. The van der Waals surface area contributed by atoms with Gasteiger partial charge in [0.1, 0.15) is 17.0 Å². The van der Waals surface area contributed by atoms with Crippen LogP contribution in [0.2, 0.25) is 0 Å². The maximum Gasteiger partial charge on any atom is 0.138 e. The molecule has 2 aliphatic rings. The Balaban J connectivity index is 1.59. The number of fused-ring (bicyclic) bond motifs is 3. The Morgan fingerprint density at radius 1 is 1.12 bits per heavy atom. The van der Waals surface area contributed by atoms with E-state index in [1.165, 1.54) is 67.1 Å². The summed E-state index contributed by atoms with van der Waals surface area (Å²) in [5, 5.41) is 8.49. The molecule has 2 aromatic rings. The molecular weight excluding hydrogens is 316 g/mol. The van der Waals surface area contributed by atoms with Crippen molar-refractivity contribution < 1.29 is 0 Å². The van der Waals surface area contributed by atoms with Gasteiger partial charge in [-0.25, -0.2) is 9.97 Å². The zero-order chi connectivity index (χ0) is 16.5. The summed E-state index contributed by atoms with van der Waals surface area (Å²) in [4.78, 5) is 11.9. The van der Waals surface area contributed by atoms with Gasteiger partial charge in [-0.3, -0.25) is 0 Å². The zero-order valence-electron chi connectivity index (χ0n) is 14.8. The number of nitrogens with zero attached hydrogens (tertiary/aromatic N) is 2. The van der Waals surface area contributed by atoms with Crippen molar-refractivity contribution in [3.05, 3.63) is 16.8 Å². The lowest BCUT2D eigenvalue weighted by atomic mass is 9.86. The fourth-order valence-electron chi connectivity index (χ4n) is 4.36. The molecule has 0 spiro atoms. The highest BCUT2D eigenvalue weighted by Gasteiger charge is 2.26. The van der Waals surface area contributed by atoms with Gasteiger partial charge < -0.3 is 10.6 Å². The van der Waals surface area contributed by atoms with Gasteiger partial charge in [-0.05, 0) is 63.5 Å². The van der Waals surface area contributed by atoms with Gasteiger partial charge in [0, 0.05) is 17.0 Å². The van der Waals surface area contributed by atoms with Crippen LogP contribution < -0.4 is 10.6 Å². The average molecular weight is 345 g/mol. The minimum absolute atomic E-state index is 0.551. The van der Waals surface area contributed by atoms with Gasteiger partial charge in [0.15, 0.2) is 0 Å². The summed E-state index contributed by atoms with van der Waals surface area (Å²) in [6, 6.07) is 1.24. The van der Waals surface area contributed by atoms with Crippen LogP contribution in [0, 0.1) is 5.92 Å². The van der Waals surface area contributed by atoms with E-state index in [1.54, 1.807) is 11.2 Å². The van der Waals surface area contributed by atoms with E-state index in [2.05, 4.69) is 34.6 Å². The molecular formula is C19H28N4S. The van der Waals surface area contributed by atoms with E-state index >= 15 is 0 Å². The van der Waals surface area contributed by atoms with Crippen LogP contribution in [0.25, 0.3) is 10.2 Å². The molecule has 0 saturated heterocycles. The lowest BCUT2D eigenvalue weighted by Crippen LogP contribution is -2.35. The minimum Gasteiger partial charge on any atom is -0.367 e. The SMILES string of the molecule is CCC1CCc2c(sc3ncnc(NC4CCC(NC)CC4)c23)C1. The smallest absolute Gasteiger partial charge is 0.138 e.